The van der Waals surface area contributed by atoms with Crippen molar-refractivity contribution in [1.29, 1.82) is 0 Å². The van der Waals surface area contributed by atoms with E-state index < -0.39 is 0 Å². The first-order chi connectivity index (χ1) is 11.8. The molecular weight excluding hydrogens is 425 g/mol. The highest BCUT2D eigenvalue weighted by atomic mass is 127. The van der Waals surface area contributed by atoms with Crippen LogP contribution in [0.5, 0.6) is 0 Å². The lowest BCUT2D eigenvalue weighted by Gasteiger charge is -2.10. The summed E-state index contributed by atoms with van der Waals surface area (Å²) in [4.78, 5) is 12.4. The summed E-state index contributed by atoms with van der Waals surface area (Å²) >= 11 is 0. The smallest absolute Gasteiger partial charge is 0.191 e. The van der Waals surface area contributed by atoms with Crippen molar-refractivity contribution in [3.05, 3.63) is 66.1 Å². The lowest BCUT2D eigenvalue weighted by molar-refractivity contribution is 0.787. The Morgan fingerprint density at radius 1 is 1.12 bits per heavy atom. The number of guanidine groups is 1. The van der Waals surface area contributed by atoms with Crippen LogP contribution in [0.4, 0.5) is 0 Å². The lowest BCUT2D eigenvalue weighted by Crippen LogP contribution is -2.38. The van der Waals surface area contributed by atoms with E-state index in [2.05, 4.69) is 50.7 Å². The Balaban J connectivity index is 0.00000225. The number of hydrogen-bond acceptors (Lipinski definition) is 2. The summed E-state index contributed by atoms with van der Waals surface area (Å²) in [5, 5.41) is 7.85. The number of aliphatic imine (C=N–C) groups is 1. The Morgan fingerprint density at radius 2 is 1.96 bits per heavy atom. The van der Waals surface area contributed by atoms with E-state index in [9.17, 15) is 0 Å². The zero-order valence-electron chi connectivity index (χ0n) is 14.3. The van der Waals surface area contributed by atoms with Crippen LogP contribution in [-0.2, 0) is 13.0 Å². The second-order valence-corrected chi connectivity index (χ2v) is 5.57. The van der Waals surface area contributed by atoms with Gasteiger partial charge in [-0.2, -0.15) is 0 Å². The van der Waals surface area contributed by atoms with Crippen molar-refractivity contribution in [2.45, 2.75) is 19.9 Å². The van der Waals surface area contributed by atoms with Gasteiger partial charge in [-0.1, -0.05) is 24.3 Å². The van der Waals surface area contributed by atoms with E-state index >= 15 is 0 Å². The van der Waals surface area contributed by atoms with E-state index in [1.807, 2.05) is 36.5 Å². The van der Waals surface area contributed by atoms with Gasteiger partial charge in [0.05, 0.1) is 6.54 Å². The number of halogens is 1. The number of nitrogens with zero attached hydrogens (tertiary/aromatic N) is 2. The fraction of sp³-hybridized carbons (Fsp3) is 0.263. The molecule has 25 heavy (non-hydrogen) atoms. The van der Waals surface area contributed by atoms with Gasteiger partial charge in [0.25, 0.3) is 0 Å². The minimum absolute atomic E-state index is 0. The maximum atomic E-state index is 4.65. The zero-order valence-corrected chi connectivity index (χ0v) is 16.7. The molecule has 0 fully saturated rings. The number of rotatable bonds is 6. The minimum atomic E-state index is 0. The molecule has 6 heteroatoms. The molecule has 0 amide bonds. The molecule has 0 bridgehead atoms. The summed E-state index contributed by atoms with van der Waals surface area (Å²) < 4.78 is 0. The number of H-pyrrole nitrogens is 1. The van der Waals surface area contributed by atoms with E-state index in [-0.39, 0.29) is 24.0 Å². The maximum Gasteiger partial charge on any atom is 0.191 e. The molecule has 0 aliphatic heterocycles. The molecule has 132 valence electrons. The maximum absolute atomic E-state index is 4.65. The molecule has 2 heterocycles. The second kappa shape index (κ2) is 10.0. The summed E-state index contributed by atoms with van der Waals surface area (Å²) in [7, 11) is 0. The molecule has 0 atom stereocenters. The van der Waals surface area contributed by atoms with Gasteiger partial charge in [0.15, 0.2) is 5.96 Å². The topological polar surface area (TPSA) is 65.1 Å². The number of aromatic amines is 1. The van der Waals surface area contributed by atoms with E-state index in [0.29, 0.717) is 6.54 Å². The van der Waals surface area contributed by atoms with Crippen molar-refractivity contribution in [3.63, 3.8) is 0 Å². The average Bonchev–Trinajstić information content (AvgIpc) is 3.03. The van der Waals surface area contributed by atoms with E-state index in [1.165, 1.54) is 5.39 Å². The first-order valence-corrected chi connectivity index (χ1v) is 8.34. The molecule has 0 spiro atoms. The summed E-state index contributed by atoms with van der Waals surface area (Å²) in [6, 6.07) is 16.4. The molecule has 3 aromatic rings. The number of hydrogen-bond donors (Lipinski definition) is 3. The standard InChI is InChI=1S/C19H23N5.HI/c1-2-20-19(22-12-10-16-8-5-6-11-21-16)23-14-17-13-15-7-3-4-9-18(15)24-17;/h3-9,11,13,24H,2,10,12,14H2,1H3,(H2,20,22,23);1H. The van der Waals surface area contributed by atoms with Crippen LogP contribution in [0.3, 0.4) is 0 Å². The van der Waals surface area contributed by atoms with Gasteiger partial charge in [0.1, 0.15) is 0 Å². The van der Waals surface area contributed by atoms with Gasteiger partial charge in [0, 0.05) is 42.6 Å². The third-order valence-electron chi connectivity index (χ3n) is 3.74. The van der Waals surface area contributed by atoms with Crippen molar-refractivity contribution in [3.8, 4) is 0 Å². The quantitative estimate of drug-likeness (QED) is 0.307. The Morgan fingerprint density at radius 3 is 2.72 bits per heavy atom. The predicted molar refractivity (Wildman–Crippen MR) is 114 cm³/mol. The number of fused-ring (bicyclic) bond motifs is 1. The fourth-order valence-electron chi connectivity index (χ4n) is 2.58. The zero-order chi connectivity index (χ0) is 16.6. The van der Waals surface area contributed by atoms with Gasteiger partial charge in [-0.15, -0.1) is 24.0 Å². The molecule has 0 radical (unpaired) electrons. The molecule has 3 N–H and O–H groups in total. The van der Waals surface area contributed by atoms with Gasteiger partial charge < -0.3 is 15.6 Å². The molecule has 2 aromatic heterocycles. The normalized spacial score (nSPS) is 11.2. The molecule has 0 aliphatic rings. The van der Waals surface area contributed by atoms with E-state index in [0.717, 1.165) is 42.4 Å². The first kappa shape index (κ1) is 19.2. The minimum Gasteiger partial charge on any atom is -0.357 e. The van der Waals surface area contributed by atoms with Crippen LogP contribution in [0, 0.1) is 0 Å². The highest BCUT2D eigenvalue weighted by Crippen LogP contribution is 2.14. The Kier molecular flexibility index (Phi) is 7.72. The third-order valence-corrected chi connectivity index (χ3v) is 3.74. The molecule has 5 nitrogen and oxygen atoms in total. The number of pyridine rings is 1. The predicted octanol–water partition coefficient (Wildman–Crippen LogP) is 3.48. The highest BCUT2D eigenvalue weighted by molar-refractivity contribution is 14.0. The monoisotopic (exact) mass is 449 g/mol. The Labute approximate surface area is 165 Å². The van der Waals surface area contributed by atoms with Crippen LogP contribution in [0.1, 0.15) is 18.3 Å². The molecular formula is C19H24IN5. The molecule has 1 aromatic carbocycles. The first-order valence-electron chi connectivity index (χ1n) is 8.34. The van der Waals surface area contributed by atoms with Crippen LogP contribution in [0.25, 0.3) is 10.9 Å². The summed E-state index contributed by atoms with van der Waals surface area (Å²) in [5.41, 5.74) is 3.34. The molecule has 3 rings (SSSR count). The summed E-state index contributed by atoms with van der Waals surface area (Å²) in [5.74, 6) is 0.826. The second-order valence-electron chi connectivity index (χ2n) is 5.57. The van der Waals surface area contributed by atoms with Gasteiger partial charge in [-0.25, -0.2) is 4.99 Å². The van der Waals surface area contributed by atoms with Crippen molar-refractivity contribution < 1.29 is 0 Å². The Hall–Kier alpha value is -2.09. The molecule has 0 saturated heterocycles. The van der Waals surface area contributed by atoms with Crippen LogP contribution >= 0.6 is 24.0 Å². The van der Waals surface area contributed by atoms with Crippen molar-refractivity contribution in [2.24, 2.45) is 4.99 Å². The summed E-state index contributed by atoms with van der Waals surface area (Å²) in [6.07, 6.45) is 2.70. The number of para-hydroxylation sites is 1. The fourth-order valence-corrected chi connectivity index (χ4v) is 2.58. The van der Waals surface area contributed by atoms with Crippen molar-refractivity contribution >= 4 is 40.8 Å². The molecule has 0 unspecified atom stereocenters. The lowest BCUT2D eigenvalue weighted by atomic mass is 10.2. The van der Waals surface area contributed by atoms with Gasteiger partial charge in [-0.3, -0.25) is 4.98 Å². The molecule has 0 aliphatic carbocycles. The SMILES string of the molecule is CCNC(=NCc1cc2ccccc2[nH]1)NCCc1ccccn1.I. The average molecular weight is 449 g/mol. The van der Waals surface area contributed by atoms with Gasteiger partial charge in [0.2, 0.25) is 0 Å². The van der Waals surface area contributed by atoms with E-state index in [1.54, 1.807) is 0 Å². The highest BCUT2D eigenvalue weighted by Gasteiger charge is 2.01. The molecule has 0 saturated carbocycles. The van der Waals surface area contributed by atoms with Crippen LogP contribution in [-0.4, -0.2) is 29.0 Å². The van der Waals surface area contributed by atoms with Crippen LogP contribution in [0.2, 0.25) is 0 Å². The third kappa shape index (κ3) is 5.74. The number of aromatic nitrogens is 2. The Bertz CT molecular complexity index is 765. The summed E-state index contributed by atoms with van der Waals surface area (Å²) in [6.45, 7) is 4.32. The van der Waals surface area contributed by atoms with E-state index in [4.69, 9.17) is 0 Å². The van der Waals surface area contributed by atoms with Gasteiger partial charge >= 0.3 is 0 Å². The largest absolute Gasteiger partial charge is 0.357 e. The van der Waals surface area contributed by atoms with Gasteiger partial charge in [-0.05, 0) is 36.6 Å². The van der Waals surface area contributed by atoms with Crippen LogP contribution in [0.15, 0.2) is 59.7 Å². The van der Waals surface area contributed by atoms with Crippen molar-refractivity contribution in [2.75, 3.05) is 13.1 Å². The number of nitrogens with one attached hydrogen (secondary N) is 3. The van der Waals surface area contributed by atoms with Crippen molar-refractivity contribution in [1.82, 2.24) is 20.6 Å². The van der Waals surface area contributed by atoms with Crippen LogP contribution < -0.4 is 10.6 Å². The number of benzene rings is 1.